The maximum atomic E-state index is 12.8. The molecule has 0 unspecified atom stereocenters. The smallest absolute Gasteiger partial charge is 0.410 e. The summed E-state index contributed by atoms with van der Waals surface area (Å²) in [5.74, 6) is -0.967. The number of rotatable bonds is 6. The second kappa shape index (κ2) is 8.95. The highest BCUT2D eigenvalue weighted by Gasteiger charge is 2.46. The molecule has 1 heterocycles. The maximum Gasteiger partial charge on any atom is 0.410 e. The van der Waals surface area contributed by atoms with E-state index in [2.05, 4.69) is 0 Å². The Morgan fingerprint density at radius 1 is 1.25 bits per heavy atom. The number of ether oxygens (including phenoxy) is 1. The predicted octanol–water partition coefficient (Wildman–Crippen LogP) is 3.12. The molecule has 2 N–H and O–H groups in total. The molecule has 28 heavy (non-hydrogen) atoms. The minimum atomic E-state index is -1.27. The van der Waals surface area contributed by atoms with Crippen LogP contribution in [0.15, 0.2) is 30.3 Å². The van der Waals surface area contributed by atoms with Gasteiger partial charge in [-0.05, 0) is 24.8 Å². The van der Waals surface area contributed by atoms with Crippen LogP contribution in [0, 0.1) is 11.3 Å². The van der Waals surface area contributed by atoms with E-state index in [0.717, 1.165) is 10.5 Å². The van der Waals surface area contributed by atoms with Gasteiger partial charge in [-0.2, -0.15) is 0 Å². The van der Waals surface area contributed by atoms with Crippen LogP contribution in [0.2, 0.25) is 0 Å². The largest absolute Gasteiger partial charge is 0.481 e. The molecule has 2 rings (SSSR count). The van der Waals surface area contributed by atoms with Gasteiger partial charge in [-0.15, -0.1) is 0 Å². The van der Waals surface area contributed by atoms with Crippen LogP contribution in [-0.4, -0.2) is 63.8 Å². The van der Waals surface area contributed by atoms with Crippen molar-refractivity contribution >= 4 is 18.2 Å². The molecule has 1 aliphatic heterocycles. The first kappa shape index (κ1) is 21.5. The van der Waals surface area contributed by atoms with Crippen molar-refractivity contribution in [2.45, 2.75) is 39.8 Å². The first-order chi connectivity index (χ1) is 13.1. The Kier molecular flexibility index (Phi) is 6.88. The van der Waals surface area contributed by atoms with Crippen molar-refractivity contribution in [1.29, 1.82) is 0 Å². The lowest BCUT2D eigenvalue weighted by atomic mass is 9.79. The zero-order chi connectivity index (χ0) is 20.9. The fourth-order valence-corrected chi connectivity index (χ4v) is 3.47. The van der Waals surface area contributed by atoms with Gasteiger partial charge < -0.3 is 24.7 Å². The van der Waals surface area contributed by atoms with E-state index in [-0.39, 0.29) is 32.0 Å². The number of nitrogens with zero attached hydrogens (tertiary/aromatic N) is 2. The second-order valence-corrected chi connectivity index (χ2v) is 7.97. The highest BCUT2D eigenvalue weighted by Crippen LogP contribution is 2.33. The van der Waals surface area contributed by atoms with Crippen LogP contribution >= 0.6 is 0 Å². The quantitative estimate of drug-likeness (QED) is 0.770. The summed E-state index contributed by atoms with van der Waals surface area (Å²) in [5, 5.41) is 19.0. The Labute approximate surface area is 164 Å². The number of carboxylic acid groups (broad SMARTS) is 2. The fourth-order valence-electron chi connectivity index (χ4n) is 3.47. The van der Waals surface area contributed by atoms with E-state index in [1.807, 2.05) is 44.2 Å². The van der Waals surface area contributed by atoms with E-state index in [0.29, 0.717) is 6.54 Å². The van der Waals surface area contributed by atoms with Gasteiger partial charge in [0, 0.05) is 19.6 Å². The molecule has 1 aromatic rings. The standard InChI is InChI=1S/C20H28N2O6/c1-14(2)10-22(19(27)28-12-15-7-5-4-6-8-15)16-9-20(3,17(23)24)13-21(11-16)18(25)26/h4-8,14,16H,9-13H2,1-3H3,(H,23,24)(H,25,26)/t16-,20+/m0/s1. The Hall–Kier alpha value is -2.77. The van der Waals surface area contributed by atoms with Gasteiger partial charge in [-0.3, -0.25) is 4.79 Å². The molecule has 1 fully saturated rings. The van der Waals surface area contributed by atoms with Crippen molar-refractivity contribution in [2.75, 3.05) is 19.6 Å². The molecule has 1 saturated heterocycles. The molecular formula is C20H28N2O6. The summed E-state index contributed by atoms with van der Waals surface area (Å²) in [6, 6.07) is 8.67. The van der Waals surface area contributed by atoms with Gasteiger partial charge >= 0.3 is 18.2 Å². The molecule has 1 aliphatic rings. The number of carboxylic acids is 1. The van der Waals surface area contributed by atoms with E-state index in [1.165, 1.54) is 11.8 Å². The van der Waals surface area contributed by atoms with Crippen molar-refractivity contribution in [3.8, 4) is 0 Å². The predicted molar refractivity (Wildman–Crippen MR) is 102 cm³/mol. The number of benzene rings is 1. The van der Waals surface area contributed by atoms with Crippen LogP contribution < -0.4 is 0 Å². The number of carbonyl (C=O) groups excluding carboxylic acids is 1. The van der Waals surface area contributed by atoms with Crippen molar-refractivity contribution in [1.82, 2.24) is 9.80 Å². The summed E-state index contributed by atoms with van der Waals surface area (Å²) < 4.78 is 5.44. The van der Waals surface area contributed by atoms with Crippen LogP contribution in [0.25, 0.3) is 0 Å². The molecule has 154 valence electrons. The van der Waals surface area contributed by atoms with E-state index < -0.39 is 29.6 Å². The molecule has 0 spiro atoms. The van der Waals surface area contributed by atoms with Crippen molar-refractivity contribution in [2.24, 2.45) is 11.3 Å². The topological polar surface area (TPSA) is 107 Å². The molecule has 2 atom stereocenters. The minimum Gasteiger partial charge on any atom is -0.481 e. The number of carbonyl (C=O) groups is 3. The highest BCUT2D eigenvalue weighted by molar-refractivity contribution is 5.77. The molecule has 0 bridgehead atoms. The zero-order valence-corrected chi connectivity index (χ0v) is 16.5. The van der Waals surface area contributed by atoms with Crippen molar-refractivity contribution < 1.29 is 29.3 Å². The van der Waals surface area contributed by atoms with Gasteiger partial charge in [-0.1, -0.05) is 44.2 Å². The van der Waals surface area contributed by atoms with Gasteiger partial charge in [0.1, 0.15) is 6.61 Å². The molecule has 0 radical (unpaired) electrons. The lowest BCUT2D eigenvalue weighted by Crippen LogP contribution is -2.59. The average Bonchev–Trinajstić information content (AvgIpc) is 2.64. The first-order valence-electron chi connectivity index (χ1n) is 9.31. The summed E-state index contributed by atoms with van der Waals surface area (Å²) in [6.07, 6.45) is -1.60. The monoisotopic (exact) mass is 392 g/mol. The number of aliphatic carboxylic acids is 1. The Bertz CT molecular complexity index is 708. The third-order valence-corrected chi connectivity index (χ3v) is 4.89. The fraction of sp³-hybridized carbons (Fsp3) is 0.550. The van der Waals surface area contributed by atoms with Gasteiger partial charge in [0.05, 0.1) is 11.5 Å². The zero-order valence-electron chi connectivity index (χ0n) is 16.5. The Balaban J connectivity index is 2.20. The van der Waals surface area contributed by atoms with Crippen LogP contribution in [0.3, 0.4) is 0 Å². The molecule has 1 aromatic carbocycles. The van der Waals surface area contributed by atoms with E-state index in [1.54, 1.807) is 0 Å². The van der Waals surface area contributed by atoms with E-state index >= 15 is 0 Å². The van der Waals surface area contributed by atoms with Crippen LogP contribution in [0.4, 0.5) is 9.59 Å². The summed E-state index contributed by atoms with van der Waals surface area (Å²) in [4.78, 5) is 38.6. The average molecular weight is 392 g/mol. The number of hydrogen-bond donors (Lipinski definition) is 2. The minimum absolute atomic E-state index is 0.0609. The second-order valence-electron chi connectivity index (χ2n) is 7.97. The third kappa shape index (κ3) is 5.37. The van der Waals surface area contributed by atoms with E-state index in [9.17, 15) is 24.6 Å². The van der Waals surface area contributed by atoms with Gasteiger partial charge in [0.2, 0.25) is 0 Å². The lowest BCUT2D eigenvalue weighted by molar-refractivity contribution is -0.152. The van der Waals surface area contributed by atoms with Crippen molar-refractivity contribution in [3.05, 3.63) is 35.9 Å². The number of hydrogen-bond acceptors (Lipinski definition) is 4. The lowest BCUT2D eigenvalue weighted by Gasteiger charge is -2.44. The van der Waals surface area contributed by atoms with Crippen LogP contribution in [0.1, 0.15) is 32.8 Å². The van der Waals surface area contributed by atoms with Gasteiger partial charge in [-0.25, -0.2) is 9.59 Å². The Morgan fingerprint density at radius 2 is 1.89 bits per heavy atom. The third-order valence-electron chi connectivity index (χ3n) is 4.89. The first-order valence-corrected chi connectivity index (χ1v) is 9.31. The molecule has 8 heteroatoms. The normalized spacial score (nSPS) is 22.0. The summed E-state index contributed by atoms with van der Waals surface area (Å²) in [6.45, 7) is 5.78. The molecule has 8 nitrogen and oxygen atoms in total. The Morgan fingerprint density at radius 3 is 2.43 bits per heavy atom. The van der Waals surface area contributed by atoms with Crippen molar-refractivity contribution in [3.63, 3.8) is 0 Å². The number of likely N-dealkylation sites (tertiary alicyclic amines) is 1. The highest BCUT2D eigenvalue weighted by atomic mass is 16.6. The van der Waals surface area contributed by atoms with Gasteiger partial charge in [0.25, 0.3) is 0 Å². The summed E-state index contributed by atoms with van der Waals surface area (Å²) in [5.41, 5.74) is -0.428. The summed E-state index contributed by atoms with van der Waals surface area (Å²) in [7, 11) is 0. The molecule has 0 aliphatic carbocycles. The van der Waals surface area contributed by atoms with E-state index in [4.69, 9.17) is 4.74 Å². The SMILES string of the molecule is CC(C)CN(C(=O)OCc1ccccc1)[C@@H]1CN(C(=O)O)C[C@](C)(C(=O)O)C1. The molecule has 2 amide bonds. The summed E-state index contributed by atoms with van der Waals surface area (Å²) >= 11 is 0. The van der Waals surface area contributed by atoms with Gasteiger partial charge in [0.15, 0.2) is 0 Å². The molecular weight excluding hydrogens is 364 g/mol. The van der Waals surface area contributed by atoms with Crippen LogP contribution in [0.5, 0.6) is 0 Å². The molecule has 0 aromatic heterocycles. The maximum absolute atomic E-state index is 12.8. The number of piperidine rings is 1. The van der Waals surface area contributed by atoms with Crippen LogP contribution in [-0.2, 0) is 16.1 Å². The number of amides is 2. The molecule has 0 saturated carbocycles.